The highest BCUT2D eigenvalue weighted by molar-refractivity contribution is 7.09. The van der Waals surface area contributed by atoms with Gasteiger partial charge in [-0.3, -0.25) is 9.59 Å². The van der Waals surface area contributed by atoms with Gasteiger partial charge in [0.25, 0.3) is 0 Å². The van der Waals surface area contributed by atoms with Crippen LogP contribution in [0.2, 0.25) is 0 Å². The summed E-state index contributed by atoms with van der Waals surface area (Å²) in [4.78, 5) is 28.5. The number of aliphatic hydroxyl groups is 2. The number of amides is 2. The Kier molecular flexibility index (Phi) is 6.25. The molecule has 0 saturated carbocycles. The summed E-state index contributed by atoms with van der Waals surface area (Å²) in [6.07, 6.45) is -6.38. The molecule has 1 saturated heterocycles. The summed E-state index contributed by atoms with van der Waals surface area (Å²) in [7, 11) is 0. The summed E-state index contributed by atoms with van der Waals surface area (Å²) in [6, 6.07) is 0. The zero-order valence-corrected chi connectivity index (χ0v) is 14.9. The molecular formula is C15H20F3N3O4S. The van der Waals surface area contributed by atoms with Gasteiger partial charge in [-0.2, -0.15) is 13.2 Å². The molecule has 11 heteroatoms. The summed E-state index contributed by atoms with van der Waals surface area (Å²) >= 11 is 0.617. The maximum Gasteiger partial charge on any atom is 0.424 e. The van der Waals surface area contributed by atoms with E-state index < -0.39 is 35.2 Å². The fourth-order valence-electron chi connectivity index (χ4n) is 2.58. The van der Waals surface area contributed by atoms with E-state index in [1.807, 2.05) is 0 Å². The van der Waals surface area contributed by atoms with E-state index in [-0.39, 0.29) is 19.0 Å². The van der Waals surface area contributed by atoms with Gasteiger partial charge in [-0.1, -0.05) is 0 Å². The average molecular weight is 395 g/mol. The van der Waals surface area contributed by atoms with E-state index in [0.29, 0.717) is 36.4 Å². The number of β-amino-alcohol motifs (C(OH)–C–C–N with tert-alkyl or cyclic N) is 1. The largest absolute Gasteiger partial charge is 0.424 e. The summed E-state index contributed by atoms with van der Waals surface area (Å²) in [5, 5.41) is 22.8. The van der Waals surface area contributed by atoms with E-state index in [0.717, 1.165) is 0 Å². The number of aromatic nitrogens is 1. The maximum absolute atomic E-state index is 13.3. The third-order valence-corrected chi connectivity index (χ3v) is 5.11. The Bertz CT molecular complexity index is 667. The van der Waals surface area contributed by atoms with Crippen molar-refractivity contribution in [3.05, 3.63) is 16.1 Å². The van der Waals surface area contributed by atoms with Crippen LogP contribution in [0.3, 0.4) is 0 Å². The predicted molar refractivity (Wildman–Crippen MR) is 86.3 cm³/mol. The second kappa shape index (κ2) is 7.89. The van der Waals surface area contributed by atoms with Crippen molar-refractivity contribution in [2.45, 2.75) is 44.1 Å². The number of rotatable bonds is 7. The van der Waals surface area contributed by atoms with Crippen molar-refractivity contribution in [2.24, 2.45) is 0 Å². The molecule has 2 atom stereocenters. The number of aliphatic hydroxyl groups excluding tert-OH is 1. The van der Waals surface area contributed by atoms with E-state index in [4.69, 9.17) is 0 Å². The van der Waals surface area contributed by atoms with Crippen molar-refractivity contribution in [2.75, 3.05) is 19.6 Å². The zero-order chi connectivity index (χ0) is 19.5. The highest BCUT2D eigenvalue weighted by Crippen LogP contribution is 2.42. The van der Waals surface area contributed by atoms with Gasteiger partial charge in [-0.05, 0) is 13.3 Å². The second-order valence-electron chi connectivity index (χ2n) is 6.23. The Morgan fingerprint density at radius 1 is 1.50 bits per heavy atom. The SMILES string of the molecule is Cc1csc([C@@](O)(CC(=O)NC[C@@H](O)CN2CCCC2=O)C(F)(F)F)n1. The first kappa shape index (κ1) is 20.6. The molecule has 1 fully saturated rings. The molecule has 146 valence electrons. The van der Waals surface area contributed by atoms with Gasteiger partial charge < -0.3 is 20.4 Å². The molecule has 2 rings (SSSR count). The molecule has 0 radical (unpaired) electrons. The molecule has 7 nitrogen and oxygen atoms in total. The number of aryl methyl sites for hydroxylation is 1. The van der Waals surface area contributed by atoms with Crippen molar-refractivity contribution in [3.8, 4) is 0 Å². The third-order valence-electron chi connectivity index (χ3n) is 4.00. The van der Waals surface area contributed by atoms with Crippen LogP contribution in [0.15, 0.2) is 5.38 Å². The van der Waals surface area contributed by atoms with E-state index in [2.05, 4.69) is 10.3 Å². The fraction of sp³-hybridized carbons (Fsp3) is 0.667. The molecule has 0 aromatic carbocycles. The van der Waals surface area contributed by atoms with Crippen molar-refractivity contribution < 1.29 is 33.0 Å². The van der Waals surface area contributed by atoms with Crippen LogP contribution in [0.25, 0.3) is 0 Å². The average Bonchev–Trinajstić information content (AvgIpc) is 3.13. The van der Waals surface area contributed by atoms with Crippen LogP contribution in [-0.2, 0) is 15.2 Å². The lowest BCUT2D eigenvalue weighted by atomic mass is 9.99. The Morgan fingerprint density at radius 3 is 2.69 bits per heavy atom. The Balaban J connectivity index is 1.94. The molecule has 2 amide bonds. The molecule has 0 spiro atoms. The first-order valence-corrected chi connectivity index (χ1v) is 8.85. The number of hydrogen-bond acceptors (Lipinski definition) is 6. The summed E-state index contributed by atoms with van der Waals surface area (Å²) in [6.45, 7) is 1.65. The van der Waals surface area contributed by atoms with Crippen LogP contribution < -0.4 is 5.32 Å². The Labute approximate surface area is 151 Å². The van der Waals surface area contributed by atoms with E-state index in [1.54, 1.807) is 0 Å². The Hall–Kier alpha value is -1.72. The normalized spacial score (nSPS) is 18.7. The molecule has 26 heavy (non-hydrogen) atoms. The Morgan fingerprint density at radius 2 is 2.19 bits per heavy atom. The molecule has 1 aliphatic rings. The predicted octanol–water partition coefficient (Wildman–Crippen LogP) is 0.691. The number of thiazole rings is 1. The molecular weight excluding hydrogens is 375 g/mol. The quantitative estimate of drug-likeness (QED) is 0.631. The van der Waals surface area contributed by atoms with Crippen LogP contribution in [0, 0.1) is 6.92 Å². The number of carbonyl (C=O) groups excluding carboxylic acids is 2. The lowest BCUT2D eigenvalue weighted by Gasteiger charge is -2.28. The standard InChI is InChI=1S/C15H20F3N3O4S/c1-9-8-26-13(20-9)14(25,15(16,17)18)5-11(23)19-6-10(22)7-21-4-2-3-12(21)24/h8,10,22,25H,2-7H2,1H3,(H,19,23)/t10-,14+/m1/s1. The minimum Gasteiger partial charge on any atom is -0.389 e. The van der Waals surface area contributed by atoms with Gasteiger partial charge in [0.05, 0.1) is 12.5 Å². The van der Waals surface area contributed by atoms with E-state index >= 15 is 0 Å². The number of likely N-dealkylation sites (tertiary alicyclic amines) is 1. The van der Waals surface area contributed by atoms with Gasteiger partial charge in [0.1, 0.15) is 5.01 Å². The molecule has 0 aliphatic carbocycles. The number of nitrogens with zero attached hydrogens (tertiary/aromatic N) is 2. The fourth-order valence-corrected chi connectivity index (χ4v) is 3.50. The first-order chi connectivity index (χ1) is 12.0. The summed E-state index contributed by atoms with van der Waals surface area (Å²) in [5.41, 5.74) is -3.09. The molecule has 1 aromatic rings. The van der Waals surface area contributed by atoms with Gasteiger partial charge in [-0.15, -0.1) is 11.3 Å². The minimum absolute atomic E-state index is 0.00563. The molecule has 1 aromatic heterocycles. The first-order valence-electron chi connectivity index (χ1n) is 7.97. The number of hydrogen-bond donors (Lipinski definition) is 3. The third kappa shape index (κ3) is 4.71. The molecule has 0 bridgehead atoms. The van der Waals surface area contributed by atoms with Crippen LogP contribution in [0.1, 0.15) is 30.0 Å². The van der Waals surface area contributed by atoms with E-state index in [9.17, 15) is 33.0 Å². The number of halogens is 3. The minimum atomic E-state index is -5.09. The van der Waals surface area contributed by atoms with Crippen LogP contribution in [0.5, 0.6) is 0 Å². The van der Waals surface area contributed by atoms with Gasteiger partial charge >= 0.3 is 6.18 Å². The lowest BCUT2D eigenvalue weighted by Crippen LogP contribution is -2.47. The van der Waals surface area contributed by atoms with Crippen LogP contribution in [0.4, 0.5) is 13.2 Å². The van der Waals surface area contributed by atoms with Gasteiger partial charge in [0, 0.05) is 37.1 Å². The van der Waals surface area contributed by atoms with Crippen LogP contribution in [-0.4, -0.2) is 63.8 Å². The van der Waals surface area contributed by atoms with Gasteiger partial charge in [0.2, 0.25) is 17.4 Å². The second-order valence-corrected chi connectivity index (χ2v) is 7.09. The lowest BCUT2D eigenvalue weighted by molar-refractivity contribution is -0.267. The number of nitrogens with one attached hydrogen (secondary N) is 1. The monoisotopic (exact) mass is 395 g/mol. The van der Waals surface area contributed by atoms with Crippen molar-refractivity contribution in [1.29, 1.82) is 0 Å². The molecule has 2 heterocycles. The van der Waals surface area contributed by atoms with Crippen molar-refractivity contribution in [3.63, 3.8) is 0 Å². The van der Waals surface area contributed by atoms with Crippen LogP contribution >= 0.6 is 11.3 Å². The summed E-state index contributed by atoms with van der Waals surface area (Å²) < 4.78 is 39.9. The van der Waals surface area contributed by atoms with Gasteiger partial charge in [0.15, 0.2) is 0 Å². The smallest absolute Gasteiger partial charge is 0.389 e. The molecule has 3 N–H and O–H groups in total. The molecule has 1 aliphatic heterocycles. The highest BCUT2D eigenvalue weighted by Gasteiger charge is 2.58. The van der Waals surface area contributed by atoms with E-state index in [1.165, 1.54) is 17.2 Å². The van der Waals surface area contributed by atoms with Gasteiger partial charge in [-0.25, -0.2) is 4.98 Å². The van der Waals surface area contributed by atoms with Crippen molar-refractivity contribution in [1.82, 2.24) is 15.2 Å². The topological polar surface area (TPSA) is 103 Å². The maximum atomic E-state index is 13.3. The zero-order valence-electron chi connectivity index (χ0n) is 14.0. The molecule has 0 unspecified atom stereocenters. The number of alkyl halides is 3. The highest BCUT2D eigenvalue weighted by atomic mass is 32.1. The number of carbonyl (C=O) groups is 2. The summed E-state index contributed by atoms with van der Waals surface area (Å²) in [5.74, 6) is -1.19. The van der Waals surface area contributed by atoms with Crippen molar-refractivity contribution >= 4 is 23.2 Å².